The number of aryl methyl sites for hydroxylation is 4. The predicted molar refractivity (Wildman–Crippen MR) is 290 cm³/mol. The maximum absolute atomic E-state index is 6.77. The lowest BCUT2D eigenvalue weighted by molar-refractivity contribution is -0.156. The van der Waals surface area contributed by atoms with Crippen molar-refractivity contribution in [2.24, 2.45) is 35.5 Å². The molecule has 4 aliphatic heterocycles. The molecule has 11 rings (SSSR count). The van der Waals surface area contributed by atoms with E-state index in [4.69, 9.17) is 56.8 Å². The van der Waals surface area contributed by atoms with Crippen LogP contribution in [0.5, 0.6) is 0 Å². The van der Waals surface area contributed by atoms with Crippen LogP contribution in [0.2, 0.25) is 0 Å². The summed E-state index contributed by atoms with van der Waals surface area (Å²) < 4.78 is 74.1. The molecular weight excluding hydrogens is 961 g/mol. The molecule has 2 bridgehead atoms. The molecule has 0 amide bonds. The summed E-state index contributed by atoms with van der Waals surface area (Å²) in [5, 5.41) is 0. The number of rotatable bonds is 32. The summed E-state index contributed by atoms with van der Waals surface area (Å²) >= 11 is 0. The molecule has 4 saturated heterocycles. The lowest BCUT2D eigenvalue weighted by atomic mass is 9.50. The molecule has 4 aromatic carbocycles. The third-order valence-electron chi connectivity index (χ3n) is 17.0. The standard InChI is InChI=1S/C64H86O12/c1-5-25-51(61-69-35-36-70-61)47(17-1)21-9-13-31-65-43-57-55-29-30-56(58(57)44-66-32-14-10-22-48-18-2-6-26-52(48)62-71-37-38-72-62)60(46-68-34-16-12-24-50-20-4-8-28-54(50)64-75-41-42-76-64)59(55)45-67-33-15-11-23-49-19-3-7-27-53(49)63-73-39-40-74-63/h1-8,17-20,25-28,55-64H,9-16,21-24,29-46H2/t55?,56?,57-,58+,59+,60-. The van der Waals surface area contributed by atoms with Crippen molar-refractivity contribution in [2.75, 3.05) is 106 Å². The van der Waals surface area contributed by atoms with E-state index < -0.39 is 0 Å². The lowest BCUT2D eigenvalue weighted by Gasteiger charge is -2.57. The molecule has 0 spiro atoms. The van der Waals surface area contributed by atoms with Gasteiger partial charge in [0.1, 0.15) is 0 Å². The van der Waals surface area contributed by atoms with Crippen molar-refractivity contribution in [1.29, 1.82) is 0 Å². The molecule has 7 fully saturated rings. The first kappa shape index (κ1) is 55.7. The molecular formula is C64H86O12. The zero-order valence-corrected chi connectivity index (χ0v) is 45.1. The van der Waals surface area contributed by atoms with Gasteiger partial charge in [0.25, 0.3) is 0 Å². The van der Waals surface area contributed by atoms with Gasteiger partial charge in [0.2, 0.25) is 0 Å². The number of benzene rings is 4. The first-order chi connectivity index (χ1) is 37.8. The van der Waals surface area contributed by atoms with E-state index in [0.29, 0.717) is 88.4 Å². The van der Waals surface area contributed by atoms with Gasteiger partial charge in [0.15, 0.2) is 25.2 Å². The zero-order valence-electron chi connectivity index (χ0n) is 45.1. The van der Waals surface area contributed by atoms with Gasteiger partial charge in [-0.15, -0.1) is 0 Å². The minimum Gasteiger partial charge on any atom is -0.381 e. The van der Waals surface area contributed by atoms with Gasteiger partial charge < -0.3 is 56.8 Å². The van der Waals surface area contributed by atoms with Gasteiger partial charge in [-0.25, -0.2) is 0 Å². The Labute approximate surface area is 453 Å². The molecule has 4 aromatic rings. The first-order valence-electron chi connectivity index (χ1n) is 29.3. The number of unbranched alkanes of at least 4 members (excludes halogenated alkanes) is 4. The highest BCUT2D eigenvalue weighted by atomic mass is 16.7. The Morgan fingerprint density at radius 2 is 0.513 bits per heavy atom. The van der Waals surface area contributed by atoms with Crippen molar-refractivity contribution in [1.82, 2.24) is 0 Å². The van der Waals surface area contributed by atoms with Crippen molar-refractivity contribution in [3.63, 3.8) is 0 Å². The Kier molecular flexibility index (Phi) is 22.1. The van der Waals surface area contributed by atoms with Crippen LogP contribution in [0, 0.1) is 35.5 Å². The Morgan fingerprint density at radius 1 is 0.289 bits per heavy atom. The fourth-order valence-electron chi connectivity index (χ4n) is 13.2. The molecule has 0 radical (unpaired) electrons. The molecule has 12 heteroatoms. The Hall–Kier alpha value is -3.60. The summed E-state index contributed by atoms with van der Waals surface area (Å²) in [4.78, 5) is 0. The molecule has 3 saturated carbocycles. The molecule has 3 aliphatic carbocycles. The zero-order chi connectivity index (χ0) is 51.4. The summed E-state index contributed by atoms with van der Waals surface area (Å²) in [5.74, 6) is 2.59. The summed E-state index contributed by atoms with van der Waals surface area (Å²) in [7, 11) is 0. The van der Waals surface area contributed by atoms with E-state index in [9.17, 15) is 0 Å². The van der Waals surface area contributed by atoms with Crippen LogP contribution in [0.1, 0.15) is 134 Å². The third kappa shape index (κ3) is 15.2. The quantitative estimate of drug-likeness (QED) is 0.0434. The molecule has 414 valence electrons. The lowest BCUT2D eigenvalue weighted by Crippen LogP contribution is -2.56. The van der Waals surface area contributed by atoms with Gasteiger partial charge in [-0.3, -0.25) is 0 Å². The molecule has 2 unspecified atom stereocenters. The minimum absolute atomic E-state index is 0.251. The predicted octanol–water partition coefficient (Wildman–Crippen LogP) is 11.8. The topological polar surface area (TPSA) is 111 Å². The van der Waals surface area contributed by atoms with E-state index >= 15 is 0 Å². The van der Waals surface area contributed by atoms with E-state index in [1.807, 2.05) is 0 Å². The summed E-state index contributed by atoms with van der Waals surface area (Å²) in [5.41, 5.74) is 9.87. The number of ether oxygens (including phenoxy) is 12. The van der Waals surface area contributed by atoms with Gasteiger partial charge in [-0.05, 0) is 148 Å². The second-order valence-electron chi connectivity index (χ2n) is 21.8. The van der Waals surface area contributed by atoms with Crippen molar-refractivity contribution in [3.05, 3.63) is 142 Å². The molecule has 0 N–H and O–H groups in total. The average molecular weight is 1050 g/mol. The maximum Gasteiger partial charge on any atom is 0.184 e. The number of hydrogen-bond acceptors (Lipinski definition) is 12. The van der Waals surface area contributed by atoms with Crippen molar-refractivity contribution < 1.29 is 56.8 Å². The fourth-order valence-corrected chi connectivity index (χ4v) is 13.2. The van der Waals surface area contributed by atoms with E-state index in [0.717, 1.165) is 152 Å². The van der Waals surface area contributed by atoms with Crippen molar-refractivity contribution in [2.45, 2.75) is 115 Å². The van der Waals surface area contributed by atoms with Crippen LogP contribution in [0.3, 0.4) is 0 Å². The van der Waals surface area contributed by atoms with Crippen LogP contribution in [-0.2, 0) is 82.5 Å². The van der Waals surface area contributed by atoms with E-state index in [-0.39, 0.29) is 25.2 Å². The van der Waals surface area contributed by atoms with Crippen LogP contribution in [-0.4, -0.2) is 106 Å². The summed E-state index contributed by atoms with van der Waals surface area (Å²) in [6.45, 7) is 11.2. The van der Waals surface area contributed by atoms with Crippen LogP contribution >= 0.6 is 0 Å². The third-order valence-corrected chi connectivity index (χ3v) is 17.0. The van der Waals surface area contributed by atoms with Gasteiger partial charge in [-0.1, -0.05) is 97.1 Å². The van der Waals surface area contributed by atoms with Gasteiger partial charge in [-0.2, -0.15) is 0 Å². The maximum atomic E-state index is 6.77. The molecule has 76 heavy (non-hydrogen) atoms. The molecule has 6 atom stereocenters. The minimum atomic E-state index is -0.251. The molecule has 12 nitrogen and oxygen atoms in total. The first-order valence-corrected chi connectivity index (χ1v) is 29.3. The number of fused-ring (bicyclic) bond motifs is 3. The van der Waals surface area contributed by atoms with E-state index in [1.165, 1.54) is 35.1 Å². The van der Waals surface area contributed by atoms with E-state index in [2.05, 4.69) is 97.1 Å². The fraction of sp³-hybridized carbons (Fsp3) is 0.625. The highest BCUT2D eigenvalue weighted by Gasteiger charge is 2.54. The smallest absolute Gasteiger partial charge is 0.184 e. The normalized spacial score (nSPS) is 24.4. The van der Waals surface area contributed by atoms with Crippen molar-refractivity contribution >= 4 is 0 Å². The second kappa shape index (κ2) is 30.1. The van der Waals surface area contributed by atoms with E-state index in [1.54, 1.807) is 0 Å². The largest absolute Gasteiger partial charge is 0.381 e. The summed E-state index contributed by atoms with van der Waals surface area (Å²) in [6.07, 6.45) is 13.6. The SMILES string of the molecule is c1ccc(C2OCCO2)c(CCCCOC[C@@H]2C3CCC([C@@H](COCCCCc4ccccc4C4OCCO4)[C@H]3COCCCCc3ccccc3C3OCCO3)[C@@H]2COCCCCc2ccccc2C2OCCO2)c1. The van der Waals surface area contributed by atoms with Gasteiger partial charge >= 0.3 is 0 Å². The van der Waals surface area contributed by atoms with Crippen LogP contribution in [0.15, 0.2) is 97.1 Å². The van der Waals surface area contributed by atoms with Crippen LogP contribution in [0.25, 0.3) is 0 Å². The van der Waals surface area contributed by atoms with Gasteiger partial charge in [0, 0.05) is 48.7 Å². The monoisotopic (exact) mass is 1050 g/mol. The van der Waals surface area contributed by atoms with Gasteiger partial charge in [0.05, 0.1) is 79.3 Å². The second-order valence-corrected chi connectivity index (χ2v) is 21.8. The number of hydrogen-bond donors (Lipinski definition) is 0. The van der Waals surface area contributed by atoms with Crippen LogP contribution < -0.4 is 0 Å². The highest BCUT2D eigenvalue weighted by molar-refractivity contribution is 5.31. The highest BCUT2D eigenvalue weighted by Crippen LogP contribution is 2.55. The molecule has 7 aliphatic rings. The van der Waals surface area contributed by atoms with Crippen molar-refractivity contribution in [3.8, 4) is 0 Å². The average Bonchev–Trinajstić information content (AvgIpc) is 4.34. The Balaban J connectivity index is 0.766. The Morgan fingerprint density at radius 3 is 0.750 bits per heavy atom. The van der Waals surface area contributed by atoms with Crippen LogP contribution in [0.4, 0.5) is 0 Å². The molecule has 0 aromatic heterocycles. The summed E-state index contributed by atoms with van der Waals surface area (Å²) in [6, 6.07) is 34.3. The Bertz CT molecular complexity index is 1970. The molecule has 4 heterocycles.